The van der Waals surface area contributed by atoms with Crippen LogP contribution in [0.4, 0.5) is 0 Å². The molecule has 7 rings (SSSR count). The van der Waals surface area contributed by atoms with Crippen molar-refractivity contribution in [3.63, 3.8) is 0 Å². The van der Waals surface area contributed by atoms with Crippen LogP contribution in [0.5, 0.6) is 11.5 Å². The van der Waals surface area contributed by atoms with Crippen LogP contribution in [0.1, 0.15) is 56.9 Å². The van der Waals surface area contributed by atoms with Crippen LogP contribution in [0, 0.1) is 19.8 Å². The zero-order valence-corrected chi connectivity index (χ0v) is 28.4. The second-order valence-corrected chi connectivity index (χ2v) is 14.2. The molecule has 0 radical (unpaired) electrons. The van der Waals surface area contributed by atoms with Gasteiger partial charge in [-0.1, -0.05) is 71.0 Å². The molecule has 0 bridgehead atoms. The first-order valence-corrected chi connectivity index (χ1v) is 16.5. The van der Waals surface area contributed by atoms with Crippen LogP contribution in [0.3, 0.4) is 0 Å². The summed E-state index contributed by atoms with van der Waals surface area (Å²) in [6.07, 6.45) is 7.07. The highest BCUT2D eigenvalue weighted by Crippen LogP contribution is 2.38. The normalized spacial score (nSPS) is 12.0. The standard InChI is InChI=1S/C42H42N4O/c1-27(2)19-30-21-29(4)41(37(22-30)42(5,6)7)31-25-44-45(26-31)32-11-10-12-33(23-32)47-34-15-16-36-35-13-8-9-14-38(35)46(39(36)24-34)40-20-28(3)17-18-43-40/h8-18,20-27H,19H2,1-7H3. The van der Waals surface area contributed by atoms with Crippen molar-refractivity contribution >= 4 is 21.8 Å². The first kappa shape index (κ1) is 30.5. The monoisotopic (exact) mass is 618 g/mol. The van der Waals surface area contributed by atoms with E-state index in [0.29, 0.717) is 5.92 Å². The van der Waals surface area contributed by atoms with Gasteiger partial charge in [0.1, 0.15) is 17.3 Å². The molecular weight excluding hydrogens is 576 g/mol. The second-order valence-electron chi connectivity index (χ2n) is 14.2. The summed E-state index contributed by atoms with van der Waals surface area (Å²) >= 11 is 0. The summed E-state index contributed by atoms with van der Waals surface area (Å²) in [5, 5.41) is 7.17. The molecule has 0 unspecified atom stereocenters. The summed E-state index contributed by atoms with van der Waals surface area (Å²) in [4.78, 5) is 4.72. The molecule has 0 aliphatic carbocycles. The highest BCUT2D eigenvalue weighted by atomic mass is 16.5. The minimum absolute atomic E-state index is 0.00511. The largest absolute Gasteiger partial charge is 0.457 e. The van der Waals surface area contributed by atoms with Gasteiger partial charge in [-0.3, -0.25) is 4.57 Å². The van der Waals surface area contributed by atoms with E-state index in [4.69, 9.17) is 14.8 Å². The van der Waals surface area contributed by atoms with E-state index in [1.165, 1.54) is 33.2 Å². The van der Waals surface area contributed by atoms with Crippen LogP contribution >= 0.6 is 0 Å². The molecule has 0 spiro atoms. The number of fused-ring (bicyclic) bond motifs is 3. The second kappa shape index (κ2) is 11.9. The Morgan fingerprint density at radius 1 is 0.787 bits per heavy atom. The Morgan fingerprint density at radius 2 is 1.57 bits per heavy atom. The maximum absolute atomic E-state index is 6.50. The zero-order chi connectivity index (χ0) is 32.9. The van der Waals surface area contributed by atoms with Gasteiger partial charge in [-0.05, 0) is 102 Å². The van der Waals surface area contributed by atoms with Crippen LogP contribution in [0.2, 0.25) is 0 Å². The minimum atomic E-state index is 0.00511. The Balaban J connectivity index is 1.23. The predicted octanol–water partition coefficient (Wildman–Crippen LogP) is 10.9. The Bertz CT molecular complexity index is 2250. The molecular formula is C42H42N4O. The summed E-state index contributed by atoms with van der Waals surface area (Å²) in [7, 11) is 0. The van der Waals surface area contributed by atoms with Crippen molar-refractivity contribution in [2.45, 2.75) is 60.3 Å². The van der Waals surface area contributed by atoms with Crippen molar-refractivity contribution < 1.29 is 4.74 Å². The fraction of sp³-hybridized carbons (Fsp3) is 0.238. The number of aryl methyl sites for hydroxylation is 2. The summed E-state index contributed by atoms with van der Waals surface area (Å²) < 4.78 is 10.7. The van der Waals surface area contributed by atoms with E-state index in [1.54, 1.807) is 0 Å². The number of hydrogen-bond donors (Lipinski definition) is 0. The first-order valence-electron chi connectivity index (χ1n) is 16.5. The number of benzene rings is 4. The molecule has 47 heavy (non-hydrogen) atoms. The van der Waals surface area contributed by atoms with Crippen LogP contribution in [-0.2, 0) is 11.8 Å². The lowest BCUT2D eigenvalue weighted by molar-refractivity contribution is 0.483. The van der Waals surface area contributed by atoms with Crippen molar-refractivity contribution in [2.24, 2.45) is 5.92 Å². The van der Waals surface area contributed by atoms with Crippen molar-refractivity contribution in [2.75, 3.05) is 0 Å². The molecule has 4 aromatic carbocycles. The van der Waals surface area contributed by atoms with Crippen LogP contribution in [0.25, 0.3) is 44.4 Å². The number of nitrogens with zero attached hydrogens (tertiary/aromatic N) is 4. The molecule has 0 saturated heterocycles. The first-order chi connectivity index (χ1) is 22.5. The molecule has 236 valence electrons. The maximum Gasteiger partial charge on any atom is 0.137 e. The fourth-order valence-corrected chi connectivity index (χ4v) is 6.75. The molecule has 0 atom stereocenters. The van der Waals surface area contributed by atoms with Gasteiger partial charge in [-0.15, -0.1) is 0 Å². The van der Waals surface area contributed by atoms with Gasteiger partial charge in [0.05, 0.1) is 22.9 Å². The Hall–Kier alpha value is -5.16. The van der Waals surface area contributed by atoms with Crippen molar-refractivity contribution in [1.29, 1.82) is 0 Å². The van der Waals surface area contributed by atoms with Gasteiger partial charge < -0.3 is 4.74 Å². The van der Waals surface area contributed by atoms with E-state index >= 15 is 0 Å². The molecule has 7 aromatic rings. The lowest BCUT2D eigenvalue weighted by Crippen LogP contribution is -2.14. The third-order valence-electron chi connectivity index (χ3n) is 8.81. The van der Waals surface area contributed by atoms with E-state index in [-0.39, 0.29) is 5.41 Å². The van der Waals surface area contributed by atoms with Crippen molar-refractivity contribution in [1.82, 2.24) is 19.3 Å². The Kier molecular flexibility index (Phi) is 7.71. The molecule has 0 aliphatic rings. The van der Waals surface area contributed by atoms with Crippen LogP contribution < -0.4 is 4.74 Å². The number of para-hydroxylation sites is 1. The van der Waals surface area contributed by atoms with Gasteiger partial charge in [0.2, 0.25) is 0 Å². The topological polar surface area (TPSA) is 44.9 Å². The van der Waals surface area contributed by atoms with Gasteiger partial charge in [0, 0.05) is 40.9 Å². The molecule has 3 heterocycles. The predicted molar refractivity (Wildman–Crippen MR) is 194 cm³/mol. The molecule has 0 N–H and O–H groups in total. The number of ether oxygens (including phenoxy) is 1. The van der Waals surface area contributed by atoms with E-state index in [0.717, 1.165) is 51.4 Å². The van der Waals surface area contributed by atoms with Gasteiger partial charge in [-0.2, -0.15) is 5.10 Å². The minimum Gasteiger partial charge on any atom is -0.457 e. The summed E-state index contributed by atoms with van der Waals surface area (Å²) in [6.45, 7) is 15.8. The summed E-state index contributed by atoms with van der Waals surface area (Å²) in [5.41, 5.74) is 10.7. The van der Waals surface area contributed by atoms with Crippen LogP contribution in [-0.4, -0.2) is 19.3 Å². The highest BCUT2D eigenvalue weighted by molar-refractivity contribution is 6.09. The Morgan fingerprint density at radius 3 is 2.36 bits per heavy atom. The van der Waals surface area contributed by atoms with Gasteiger partial charge in [-0.25, -0.2) is 9.67 Å². The van der Waals surface area contributed by atoms with E-state index in [2.05, 4.69) is 120 Å². The molecule has 3 aromatic heterocycles. The average molecular weight is 619 g/mol. The maximum atomic E-state index is 6.50. The zero-order valence-electron chi connectivity index (χ0n) is 28.4. The lowest BCUT2D eigenvalue weighted by atomic mass is 9.79. The van der Waals surface area contributed by atoms with E-state index in [9.17, 15) is 0 Å². The number of rotatable bonds is 7. The van der Waals surface area contributed by atoms with Gasteiger partial charge in [0.15, 0.2) is 0 Å². The third-order valence-corrected chi connectivity index (χ3v) is 8.81. The van der Waals surface area contributed by atoms with Crippen LogP contribution in [0.15, 0.2) is 110 Å². The Labute approximate surface area is 277 Å². The molecule has 0 saturated carbocycles. The molecule has 0 fully saturated rings. The molecule has 5 nitrogen and oxygen atoms in total. The SMILES string of the molecule is Cc1ccnc(-n2c3ccccc3c3ccc(Oc4cccc(-n5cc(-c6c(C)cc(CC(C)C)cc6C(C)(C)C)cn5)c4)cc32)c1. The number of aromatic nitrogens is 4. The highest BCUT2D eigenvalue weighted by Gasteiger charge is 2.23. The van der Waals surface area contributed by atoms with Gasteiger partial charge >= 0.3 is 0 Å². The summed E-state index contributed by atoms with van der Waals surface area (Å²) in [5.74, 6) is 3.02. The van der Waals surface area contributed by atoms with Gasteiger partial charge in [0.25, 0.3) is 0 Å². The fourth-order valence-electron chi connectivity index (χ4n) is 6.75. The molecule has 5 heteroatoms. The molecule has 0 amide bonds. The number of pyridine rings is 1. The van der Waals surface area contributed by atoms with Crippen molar-refractivity contribution in [3.8, 4) is 34.1 Å². The third kappa shape index (κ3) is 5.94. The van der Waals surface area contributed by atoms with E-state index < -0.39 is 0 Å². The van der Waals surface area contributed by atoms with E-state index in [1.807, 2.05) is 47.4 Å². The molecule has 0 aliphatic heterocycles. The number of hydrogen-bond acceptors (Lipinski definition) is 3. The summed E-state index contributed by atoms with van der Waals surface area (Å²) in [6, 6.07) is 31.8. The van der Waals surface area contributed by atoms with Crippen molar-refractivity contribution in [3.05, 3.63) is 132 Å². The average Bonchev–Trinajstić information content (AvgIpc) is 3.63. The quantitative estimate of drug-likeness (QED) is 0.178. The lowest BCUT2D eigenvalue weighted by Gasteiger charge is -2.25. The smallest absolute Gasteiger partial charge is 0.137 e.